The molecule has 1 aliphatic rings. The molecule has 2 aromatic carbocycles. The molecular formula is C27H35N3O3S. The molecule has 34 heavy (non-hydrogen) atoms. The highest BCUT2D eigenvalue weighted by Crippen LogP contribution is 2.39. The number of methoxy groups -OCH3 is 1. The van der Waals surface area contributed by atoms with Gasteiger partial charge < -0.3 is 20.3 Å². The van der Waals surface area contributed by atoms with E-state index in [1.807, 2.05) is 42.5 Å². The minimum Gasteiger partial charge on any atom is -0.497 e. The van der Waals surface area contributed by atoms with Crippen LogP contribution < -0.4 is 15.4 Å². The molecule has 0 bridgehead atoms. The average Bonchev–Trinajstić information content (AvgIpc) is 2.85. The number of rotatable bonds is 12. The largest absolute Gasteiger partial charge is 0.497 e. The summed E-state index contributed by atoms with van der Waals surface area (Å²) in [5.74, 6) is 0.441. The molecule has 1 heterocycles. The fourth-order valence-corrected chi connectivity index (χ4v) is 4.64. The Morgan fingerprint density at radius 2 is 1.85 bits per heavy atom. The third-order valence-corrected chi connectivity index (χ3v) is 6.79. The zero-order valence-corrected chi connectivity index (χ0v) is 21.2. The van der Waals surface area contributed by atoms with Crippen molar-refractivity contribution in [3.63, 3.8) is 0 Å². The summed E-state index contributed by atoms with van der Waals surface area (Å²) in [5.41, 5.74) is 2.11. The van der Waals surface area contributed by atoms with E-state index in [1.165, 1.54) is 37.4 Å². The Labute approximate surface area is 207 Å². The van der Waals surface area contributed by atoms with Crippen molar-refractivity contribution in [2.45, 2.75) is 44.4 Å². The van der Waals surface area contributed by atoms with Crippen molar-refractivity contribution in [2.75, 3.05) is 38.6 Å². The monoisotopic (exact) mass is 481 g/mol. The number of fused-ring (bicyclic) bond motifs is 1. The Morgan fingerprint density at radius 3 is 2.56 bits per heavy atom. The molecule has 2 aromatic rings. The summed E-state index contributed by atoms with van der Waals surface area (Å²) in [5, 5.41) is 5.96. The van der Waals surface area contributed by atoms with Gasteiger partial charge in [-0.05, 0) is 67.9 Å². The number of unbranched alkanes of at least 4 members (excludes halogenated alkanes) is 2. The van der Waals surface area contributed by atoms with Crippen molar-refractivity contribution < 1.29 is 14.3 Å². The Hall–Kier alpha value is -2.77. The SMILES string of the molecule is CCCCN(CCCC)CCNC(=O)c1ccc2c(c1)NC(=O)/C(=C\c1cccc(OC)c1)S2. The van der Waals surface area contributed by atoms with Crippen molar-refractivity contribution in [1.82, 2.24) is 10.2 Å². The van der Waals surface area contributed by atoms with E-state index in [-0.39, 0.29) is 11.8 Å². The van der Waals surface area contributed by atoms with Gasteiger partial charge in [0.2, 0.25) is 0 Å². The van der Waals surface area contributed by atoms with Crippen LogP contribution in [0.2, 0.25) is 0 Å². The molecule has 0 radical (unpaired) electrons. The first-order valence-electron chi connectivity index (χ1n) is 12.0. The van der Waals surface area contributed by atoms with Gasteiger partial charge in [-0.25, -0.2) is 0 Å². The van der Waals surface area contributed by atoms with Gasteiger partial charge in [-0.1, -0.05) is 50.6 Å². The second-order valence-corrected chi connectivity index (χ2v) is 9.44. The third kappa shape index (κ3) is 7.37. The molecule has 2 N–H and O–H groups in total. The second-order valence-electron chi connectivity index (χ2n) is 8.36. The summed E-state index contributed by atoms with van der Waals surface area (Å²) in [6.45, 7) is 7.99. The lowest BCUT2D eigenvalue weighted by molar-refractivity contribution is -0.112. The molecule has 6 nitrogen and oxygen atoms in total. The summed E-state index contributed by atoms with van der Waals surface area (Å²) in [4.78, 5) is 29.3. The number of hydrogen-bond acceptors (Lipinski definition) is 5. The molecule has 0 aliphatic carbocycles. The molecule has 0 saturated carbocycles. The molecule has 0 aromatic heterocycles. The van der Waals surface area contributed by atoms with Crippen LogP contribution in [0.25, 0.3) is 6.08 Å². The molecule has 0 unspecified atom stereocenters. The van der Waals surface area contributed by atoms with Gasteiger partial charge in [-0.3, -0.25) is 9.59 Å². The quantitative estimate of drug-likeness (QED) is 0.397. The van der Waals surface area contributed by atoms with Crippen LogP contribution in [0.1, 0.15) is 55.5 Å². The van der Waals surface area contributed by atoms with E-state index in [9.17, 15) is 9.59 Å². The molecular weight excluding hydrogens is 446 g/mol. The lowest BCUT2D eigenvalue weighted by Gasteiger charge is -2.22. The Kier molecular flexibility index (Phi) is 10.0. The minimum absolute atomic E-state index is 0.120. The number of amides is 2. The zero-order chi connectivity index (χ0) is 24.3. The van der Waals surface area contributed by atoms with Crippen molar-refractivity contribution in [3.05, 3.63) is 58.5 Å². The van der Waals surface area contributed by atoms with Gasteiger partial charge in [0.25, 0.3) is 11.8 Å². The number of ether oxygens (including phenoxy) is 1. The summed E-state index contributed by atoms with van der Waals surface area (Å²) in [6.07, 6.45) is 6.53. The standard InChI is InChI=1S/C27H35N3O3S/c1-4-6-14-30(15-7-5-2)16-13-28-26(31)21-11-12-24-23(19-21)29-27(32)25(34-24)18-20-9-8-10-22(17-20)33-3/h8-12,17-19H,4-7,13-16H2,1-3H3,(H,28,31)(H,29,32)/b25-18+. The van der Waals surface area contributed by atoms with Crippen LogP contribution in [-0.2, 0) is 4.79 Å². The van der Waals surface area contributed by atoms with Crippen molar-refractivity contribution in [3.8, 4) is 5.75 Å². The molecule has 0 saturated heterocycles. The van der Waals surface area contributed by atoms with Crippen LogP contribution in [-0.4, -0.2) is 50.0 Å². The van der Waals surface area contributed by atoms with Crippen LogP contribution in [0.3, 0.4) is 0 Å². The number of anilines is 1. The summed E-state index contributed by atoms with van der Waals surface area (Å²) in [7, 11) is 1.62. The topological polar surface area (TPSA) is 70.7 Å². The Morgan fingerprint density at radius 1 is 1.09 bits per heavy atom. The fourth-order valence-electron chi connectivity index (χ4n) is 3.71. The number of thioether (sulfide) groups is 1. The van der Waals surface area contributed by atoms with Gasteiger partial charge >= 0.3 is 0 Å². The van der Waals surface area contributed by atoms with Gasteiger partial charge in [-0.2, -0.15) is 0 Å². The first-order chi connectivity index (χ1) is 16.5. The fraction of sp³-hybridized carbons (Fsp3) is 0.407. The maximum Gasteiger partial charge on any atom is 0.262 e. The van der Waals surface area contributed by atoms with E-state index >= 15 is 0 Å². The molecule has 0 atom stereocenters. The minimum atomic E-state index is -0.180. The van der Waals surface area contributed by atoms with Gasteiger partial charge in [0.15, 0.2) is 0 Å². The Balaban J connectivity index is 1.61. The zero-order valence-electron chi connectivity index (χ0n) is 20.4. The van der Waals surface area contributed by atoms with Gasteiger partial charge in [0.05, 0.1) is 17.7 Å². The molecule has 7 heteroatoms. The molecule has 2 amide bonds. The number of hydrogen-bond donors (Lipinski definition) is 2. The van der Waals surface area contributed by atoms with Gasteiger partial charge in [0, 0.05) is 23.5 Å². The van der Waals surface area contributed by atoms with Crippen LogP contribution in [0.5, 0.6) is 5.75 Å². The highest BCUT2D eigenvalue weighted by Gasteiger charge is 2.22. The first-order valence-corrected chi connectivity index (χ1v) is 12.8. The molecule has 3 rings (SSSR count). The number of nitrogens with zero attached hydrogens (tertiary/aromatic N) is 1. The lowest BCUT2D eigenvalue weighted by atomic mass is 10.1. The molecule has 0 spiro atoms. The van der Waals surface area contributed by atoms with Crippen LogP contribution in [0.15, 0.2) is 52.3 Å². The Bertz CT molecular complexity index is 1010. The van der Waals surface area contributed by atoms with Crippen molar-refractivity contribution >= 4 is 35.3 Å². The highest BCUT2D eigenvalue weighted by atomic mass is 32.2. The normalized spacial score (nSPS) is 14.1. The number of carbonyl (C=O) groups is 2. The molecule has 0 fully saturated rings. The van der Waals surface area contributed by atoms with Crippen molar-refractivity contribution in [1.29, 1.82) is 0 Å². The number of carbonyl (C=O) groups excluding carboxylic acids is 2. The van der Waals surface area contributed by atoms with E-state index in [4.69, 9.17) is 4.74 Å². The predicted octanol–water partition coefficient (Wildman–Crippen LogP) is 5.41. The van der Waals surface area contributed by atoms with E-state index < -0.39 is 0 Å². The van der Waals surface area contributed by atoms with E-state index in [1.54, 1.807) is 13.2 Å². The summed E-state index contributed by atoms with van der Waals surface area (Å²) >= 11 is 1.40. The maximum absolute atomic E-state index is 12.7. The first kappa shape index (κ1) is 25.8. The smallest absolute Gasteiger partial charge is 0.262 e. The van der Waals surface area contributed by atoms with Crippen LogP contribution in [0, 0.1) is 0 Å². The van der Waals surface area contributed by atoms with Gasteiger partial charge in [-0.15, -0.1) is 0 Å². The summed E-state index contributed by atoms with van der Waals surface area (Å²) < 4.78 is 5.26. The van der Waals surface area contributed by atoms with Crippen LogP contribution >= 0.6 is 11.8 Å². The van der Waals surface area contributed by atoms with Crippen molar-refractivity contribution in [2.24, 2.45) is 0 Å². The number of nitrogens with one attached hydrogen (secondary N) is 2. The highest BCUT2D eigenvalue weighted by molar-refractivity contribution is 8.04. The van der Waals surface area contributed by atoms with Crippen LogP contribution in [0.4, 0.5) is 5.69 Å². The van der Waals surface area contributed by atoms with E-state index in [0.29, 0.717) is 22.7 Å². The second kappa shape index (κ2) is 13.2. The lowest BCUT2D eigenvalue weighted by Crippen LogP contribution is -2.36. The third-order valence-electron chi connectivity index (χ3n) is 5.69. The summed E-state index contributed by atoms with van der Waals surface area (Å²) in [6, 6.07) is 13.0. The molecule has 182 valence electrons. The van der Waals surface area contributed by atoms with E-state index in [0.717, 1.165) is 35.8 Å². The average molecular weight is 482 g/mol. The van der Waals surface area contributed by atoms with E-state index in [2.05, 4.69) is 29.4 Å². The predicted molar refractivity (Wildman–Crippen MR) is 140 cm³/mol. The molecule has 1 aliphatic heterocycles. The number of benzene rings is 2. The maximum atomic E-state index is 12.7. The van der Waals surface area contributed by atoms with Gasteiger partial charge in [0.1, 0.15) is 5.75 Å².